The van der Waals surface area contributed by atoms with Crippen molar-refractivity contribution < 1.29 is 9.90 Å². The van der Waals surface area contributed by atoms with E-state index < -0.39 is 11.9 Å². The molecule has 1 atom stereocenters. The largest absolute Gasteiger partial charge is 0.481 e. The fraction of sp³-hybridized carbons (Fsp3) is 0.462. The third kappa shape index (κ3) is 5.10. The average Bonchev–Trinajstić information content (AvgIpc) is 2.17. The van der Waals surface area contributed by atoms with Crippen LogP contribution in [0.1, 0.15) is 37.8 Å². The molecule has 0 amide bonds. The summed E-state index contributed by atoms with van der Waals surface area (Å²) in [6.07, 6.45) is 1.04. The van der Waals surface area contributed by atoms with Crippen molar-refractivity contribution in [3.8, 4) is 0 Å². The number of hydrogen-bond donors (Lipinski definition) is 1. The summed E-state index contributed by atoms with van der Waals surface area (Å²) in [5.41, 5.74) is 2.14. The molecule has 0 saturated carbocycles. The first-order valence-electron chi connectivity index (χ1n) is 5.32. The van der Waals surface area contributed by atoms with E-state index in [4.69, 9.17) is 5.11 Å². The molecule has 3 heteroatoms. The van der Waals surface area contributed by atoms with Gasteiger partial charge in [0.05, 0.1) is 5.92 Å². The molecular formula is C13H18KO2. The summed E-state index contributed by atoms with van der Waals surface area (Å²) in [5, 5.41) is 8.85. The van der Waals surface area contributed by atoms with Crippen LogP contribution in [0.5, 0.6) is 0 Å². The van der Waals surface area contributed by atoms with E-state index in [1.54, 1.807) is 6.92 Å². The van der Waals surface area contributed by atoms with Crippen LogP contribution in [-0.2, 0) is 11.2 Å². The maximum atomic E-state index is 10.8. The number of carboxylic acids is 1. The van der Waals surface area contributed by atoms with Crippen molar-refractivity contribution in [2.45, 2.75) is 33.1 Å². The Kier molecular flexibility index (Phi) is 7.77. The van der Waals surface area contributed by atoms with Gasteiger partial charge in [0.2, 0.25) is 0 Å². The molecule has 0 aromatic heterocycles. The zero-order chi connectivity index (χ0) is 11.4. The SMILES string of the molecule is CC(C)Cc1ccc(C(C)C(=O)O)cc1.[K]. The molecule has 0 heterocycles. The molecule has 1 N–H and O–H groups in total. The minimum Gasteiger partial charge on any atom is -0.481 e. The molecule has 1 aromatic rings. The Morgan fingerprint density at radius 1 is 1.19 bits per heavy atom. The predicted octanol–water partition coefficient (Wildman–Crippen LogP) is 2.69. The van der Waals surface area contributed by atoms with Crippen LogP contribution in [0.3, 0.4) is 0 Å². The normalized spacial score (nSPS) is 12.0. The van der Waals surface area contributed by atoms with E-state index in [1.807, 2.05) is 24.3 Å². The predicted molar refractivity (Wildman–Crippen MR) is 66.8 cm³/mol. The molecule has 0 bridgehead atoms. The van der Waals surface area contributed by atoms with E-state index in [9.17, 15) is 4.79 Å². The van der Waals surface area contributed by atoms with Gasteiger partial charge >= 0.3 is 5.97 Å². The van der Waals surface area contributed by atoms with Gasteiger partial charge in [-0.1, -0.05) is 38.1 Å². The van der Waals surface area contributed by atoms with Gasteiger partial charge in [-0.2, -0.15) is 0 Å². The van der Waals surface area contributed by atoms with Gasteiger partial charge in [-0.3, -0.25) is 4.79 Å². The van der Waals surface area contributed by atoms with Crippen LogP contribution in [0.25, 0.3) is 0 Å². The molecule has 1 aromatic carbocycles. The number of hydrogen-bond acceptors (Lipinski definition) is 1. The Morgan fingerprint density at radius 2 is 1.69 bits per heavy atom. The second-order valence-corrected chi connectivity index (χ2v) is 4.40. The first kappa shape index (κ1) is 16.3. The van der Waals surface area contributed by atoms with Gasteiger partial charge in [-0.05, 0) is 30.4 Å². The van der Waals surface area contributed by atoms with Crippen LogP contribution >= 0.6 is 0 Å². The fourth-order valence-electron chi connectivity index (χ4n) is 1.56. The Morgan fingerprint density at radius 3 is 2.06 bits per heavy atom. The average molecular weight is 245 g/mol. The Bertz CT molecular complexity index is 330. The number of carbonyl (C=O) groups is 1. The summed E-state index contributed by atoms with van der Waals surface area (Å²) in [7, 11) is 0. The van der Waals surface area contributed by atoms with Crippen molar-refractivity contribution in [3.05, 3.63) is 35.4 Å². The molecule has 0 aliphatic rings. The molecule has 1 unspecified atom stereocenters. The van der Waals surface area contributed by atoms with Crippen molar-refractivity contribution in [3.63, 3.8) is 0 Å². The Labute approximate surface area is 140 Å². The van der Waals surface area contributed by atoms with E-state index in [0.29, 0.717) is 5.92 Å². The van der Waals surface area contributed by atoms with Crippen molar-refractivity contribution in [1.29, 1.82) is 0 Å². The van der Waals surface area contributed by atoms with Gasteiger partial charge in [0, 0.05) is 51.4 Å². The van der Waals surface area contributed by atoms with Crippen molar-refractivity contribution >= 4 is 57.4 Å². The maximum Gasteiger partial charge on any atom is 0.310 e. The molecular weight excluding hydrogens is 227 g/mol. The summed E-state index contributed by atoms with van der Waals surface area (Å²) >= 11 is 0. The molecule has 0 fully saturated rings. The van der Waals surface area contributed by atoms with Crippen molar-refractivity contribution in [1.82, 2.24) is 0 Å². The second-order valence-electron chi connectivity index (χ2n) is 4.40. The van der Waals surface area contributed by atoms with E-state index in [1.165, 1.54) is 5.56 Å². The van der Waals surface area contributed by atoms with Gasteiger partial charge in [0.1, 0.15) is 0 Å². The molecule has 1 radical (unpaired) electrons. The van der Waals surface area contributed by atoms with Gasteiger partial charge in [0.25, 0.3) is 0 Å². The monoisotopic (exact) mass is 245 g/mol. The van der Waals surface area contributed by atoms with Crippen LogP contribution in [0.4, 0.5) is 0 Å². The van der Waals surface area contributed by atoms with Crippen LogP contribution in [0.2, 0.25) is 0 Å². The third-order valence-corrected chi connectivity index (χ3v) is 2.49. The third-order valence-electron chi connectivity index (χ3n) is 2.49. The van der Waals surface area contributed by atoms with Crippen molar-refractivity contribution in [2.24, 2.45) is 5.92 Å². The molecule has 83 valence electrons. The molecule has 0 saturated heterocycles. The van der Waals surface area contributed by atoms with Gasteiger partial charge in [0.15, 0.2) is 0 Å². The van der Waals surface area contributed by atoms with Gasteiger partial charge in [-0.25, -0.2) is 0 Å². The summed E-state index contributed by atoms with van der Waals surface area (Å²) in [6.45, 7) is 6.06. The molecule has 1 rings (SSSR count). The number of benzene rings is 1. The number of rotatable bonds is 4. The zero-order valence-electron chi connectivity index (χ0n) is 10.5. The van der Waals surface area contributed by atoms with Crippen molar-refractivity contribution in [2.75, 3.05) is 0 Å². The van der Waals surface area contributed by atoms with E-state index >= 15 is 0 Å². The molecule has 2 nitrogen and oxygen atoms in total. The second kappa shape index (κ2) is 7.61. The van der Waals surface area contributed by atoms with Gasteiger partial charge in [-0.15, -0.1) is 0 Å². The van der Waals surface area contributed by atoms with E-state index in [0.717, 1.165) is 12.0 Å². The summed E-state index contributed by atoms with van der Waals surface area (Å²) in [5.74, 6) is -0.558. The topological polar surface area (TPSA) is 37.3 Å². The fourth-order valence-corrected chi connectivity index (χ4v) is 1.56. The first-order chi connectivity index (χ1) is 7.00. The zero-order valence-corrected chi connectivity index (χ0v) is 13.6. The Hall–Kier alpha value is 0.326. The summed E-state index contributed by atoms with van der Waals surface area (Å²) < 4.78 is 0. The minimum absolute atomic E-state index is 0. The van der Waals surface area contributed by atoms with Crippen LogP contribution in [0, 0.1) is 5.92 Å². The van der Waals surface area contributed by atoms with Gasteiger partial charge < -0.3 is 5.11 Å². The first-order valence-corrected chi connectivity index (χ1v) is 5.32. The smallest absolute Gasteiger partial charge is 0.310 e. The Balaban J connectivity index is 0.00000225. The standard InChI is InChI=1S/C13H18O2.K/c1-9(2)8-11-4-6-12(7-5-11)10(3)13(14)15;/h4-7,9-10H,8H2,1-3H3,(H,14,15);. The number of carboxylic acid groups (broad SMARTS) is 1. The van der Waals surface area contributed by atoms with Crippen LogP contribution in [-0.4, -0.2) is 62.5 Å². The van der Waals surface area contributed by atoms with E-state index in [-0.39, 0.29) is 51.4 Å². The molecule has 0 aliphatic heterocycles. The number of aliphatic carboxylic acids is 1. The molecule has 16 heavy (non-hydrogen) atoms. The maximum absolute atomic E-state index is 10.8. The molecule has 0 aliphatic carbocycles. The molecule has 0 spiro atoms. The van der Waals surface area contributed by atoms with Crippen LogP contribution in [0.15, 0.2) is 24.3 Å². The minimum atomic E-state index is -0.772. The quantitative estimate of drug-likeness (QED) is 0.828. The summed E-state index contributed by atoms with van der Waals surface area (Å²) in [4.78, 5) is 10.8. The van der Waals surface area contributed by atoms with E-state index in [2.05, 4.69) is 13.8 Å². The van der Waals surface area contributed by atoms with Crippen LogP contribution < -0.4 is 0 Å². The summed E-state index contributed by atoms with van der Waals surface area (Å²) in [6, 6.07) is 7.87.